The Balaban J connectivity index is 1.67. The maximum atomic E-state index is 6.03. The van der Waals surface area contributed by atoms with Gasteiger partial charge >= 0.3 is 0 Å². The van der Waals surface area contributed by atoms with Crippen LogP contribution in [0.4, 0.5) is 5.82 Å². The SMILES string of the molecule is Cc1nc(N[C@H]2CCO[C@@H]2c2ccnn2C(C)C)c2cnn(C)c2n1. The number of aromatic nitrogens is 6. The highest BCUT2D eigenvalue weighted by Crippen LogP contribution is 2.33. The second-order valence-electron chi connectivity index (χ2n) is 6.75. The van der Waals surface area contributed by atoms with Gasteiger partial charge in [0, 0.05) is 25.9 Å². The van der Waals surface area contributed by atoms with Gasteiger partial charge in [0.1, 0.15) is 17.7 Å². The molecule has 1 saturated heterocycles. The number of aryl methyl sites for hydroxylation is 2. The number of rotatable bonds is 4. The molecule has 132 valence electrons. The molecular formula is C17H23N7O. The Labute approximate surface area is 146 Å². The van der Waals surface area contributed by atoms with Crippen LogP contribution in [0.15, 0.2) is 18.5 Å². The highest BCUT2D eigenvalue weighted by atomic mass is 16.5. The van der Waals surface area contributed by atoms with E-state index in [9.17, 15) is 0 Å². The fraction of sp³-hybridized carbons (Fsp3) is 0.529. The van der Waals surface area contributed by atoms with Gasteiger partial charge in [-0.1, -0.05) is 0 Å². The van der Waals surface area contributed by atoms with Gasteiger partial charge in [-0.25, -0.2) is 9.97 Å². The molecule has 8 nitrogen and oxygen atoms in total. The van der Waals surface area contributed by atoms with E-state index in [4.69, 9.17) is 4.74 Å². The molecule has 1 N–H and O–H groups in total. The summed E-state index contributed by atoms with van der Waals surface area (Å²) in [6.07, 6.45) is 4.51. The van der Waals surface area contributed by atoms with E-state index in [0.29, 0.717) is 12.6 Å². The third kappa shape index (κ3) is 2.76. The van der Waals surface area contributed by atoms with Crippen molar-refractivity contribution in [3.05, 3.63) is 30.0 Å². The van der Waals surface area contributed by atoms with Gasteiger partial charge in [-0.05, 0) is 33.3 Å². The molecule has 0 aliphatic carbocycles. The lowest BCUT2D eigenvalue weighted by Crippen LogP contribution is -2.26. The molecule has 0 aromatic carbocycles. The van der Waals surface area contributed by atoms with Gasteiger partial charge in [0.15, 0.2) is 5.65 Å². The average molecular weight is 341 g/mol. The van der Waals surface area contributed by atoms with Crippen molar-refractivity contribution in [2.75, 3.05) is 11.9 Å². The first-order valence-corrected chi connectivity index (χ1v) is 8.62. The Kier molecular flexibility index (Phi) is 3.91. The molecule has 3 aromatic rings. The van der Waals surface area contributed by atoms with Crippen LogP contribution in [0.25, 0.3) is 11.0 Å². The first-order valence-electron chi connectivity index (χ1n) is 8.62. The predicted molar refractivity (Wildman–Crippen MR) is 94.4 cm³/mol. The molecular weight excluding hydrogens is 318 g/mol. The van der Waals surface area contributed by atoms with E-state index in [1.807, 2.05) is 30.9 Å². The standard InChI is InChI=1S/C17H23N7O/c1-10(2)24-14(5-7-18-24)15-13(6-8-25-15)22-16-12-9-19-23(4)17(12)21-11(3)20-16/h5,7,9-10,13,15H,6,8H2,1-4H3,(H,20,21,22)/t13-,15-/m0/s1. The van der Waals surface area contributed by atoms with E-state index < -0.39 is 0 Å². The fourth-order valence-electron chi connectivity index (χ4n) is 3.43. The average Bonchev–Trinajstić information content (AvgIpc) is 3.27. The van der Waals surface area contributed by atoms with Crippen molar-refractivity contribution in [3.63, 3.8) is 0 Å². The zero-order valence-electron chi connectivity index (χ0n) is 15.0. The highest BCUT2D eigenvalue weighted by molar-refractivity contribution is 5.86. The van der Waals surface area contributed by atoms with Crippen molar-refractivity contribution in [2.24, 2.45) is 7.05 Å². The molecule has 1 aliphatic heterocycles. The second kappa shape index (κ2) is 6.11. The molecule has 0 unspecified atom stereocenters. The van der Waals surface area contributed by atoms with E-state index in [1.165, 1.54) is 0 Å². The molecule has 3 aromatic heterocycles. The molecule has 0 amide bonds. The number of anilines is 1. The number of hydrogen-bond acceptors (Lipinski definition) is 6. The van der Waals surface area contributed by atoms with Crippen LogP contribution in [0.2, 0.25) is 0 Å². The minimum absolute atomic E-state index is 0.0492. The van der Waals surface area contributed by atoms with E-state index >= 15 is 0 Å². The second-order valence-corrected chi connectivity index (χ2v) is 6.75. The van der Waals surface area contributed by atoms with Crippen LogP contribution in [-0.2, 0) is 11.8 Å². The third-order valence-electron chi connectivity index (χ3n) is 4.60. The molecule has 1 fully saturated rings. The number of ether oxygens (including phenoxy) is 1. The van der Waals surface area contributed by atoms with Crippen LogP contribution < -0.4 is 5.32 Å². The van der Waals surface area contributed by atoms with E-state index in [2.05, 4.69) is 39.3 Å². The van der Waals surface area contributed by atoms with E-state index in [-0.39, 0.29) is 12.1 Å². The van der Waals surface area contributed by atoms with Crippen LogP contribution in [0, 0.1) is 6.92 Å². The first-order chi connectivity index (χ1) is 12.0. The van der Waals surface area contributed by atoms with Crippen LogP contribution in [0.1, 0.15) is 43.9 Å². The van der Waals surface area contributed by atoms with Gasteiger partial charge in [0.2, 0.25) is 0 Å². The normalized spacial score (nSPS) is 20.7. The molecule has 8 heteroatoms. The van der Waals surface area contributed by atoms with Crippen LogP contribution in [0.5, 0.6) is 0 Å². The Morgan fingerprint density at radius 3 is 2.92 bits per heavy atom. The lowest BCUT2D eigenvalue weighted by molar-refractivity contribution is 0.0988. The van der Waals surface area contributed by atoms with Crippen molar-refractivity contribution in [1.82, 2.24) is 29.5 Å². The van der Waals surface area contributed by atoms with Crippen molar-refractivity contribution >= 4 is 16.9 Å². The van der Waals surface area contributed by atoms with Gasteiger partial charge in [0.05, 0.1) is 23.3 Å². The first kappa shape index (κ1) is 16.0. The Morgan fingerprint density at radius 2 is 2.12 bits per heavy atom. The zero-order valence-corrected chi connectivity index (χ0v) is 15.0. The van der Waals surface area contributed by atoms with Gasteiger partial charge in [-0.15, -0.1) is 0 Å². The van der Waals surface area contributed by atoms with E-state index in [0.717, 1.165) is 34.8 Å². The number of nitrogens with zero attached hydrogens (tertiary/aromatic N) is 6. The van der Waals surface area contributed by atoms with Crippen LogP contribution in [-0.4, -0.2) is 42.2 Å². The quantitative estimate of drug-likeness (QED) is 0.784. The van der Waals surface area contributed by atoms with Crippen LogP contribution in [0.3, 0.4) is 0 Å². The maximum absolute atomic E-state index is 6.03. The lowest BCUT2D eigenvalue weighted by atomic mass is 10.1. The van der Waals surface area contributed by atoms with Gasteiger partial charge in [0.25, 0.3) is 0 Å². The summed E-state index contributed by atoms with van der Waals surface area (Å²) in [7, 11) is 1.89. The summed E-state index contributed by atoms with van der Waals surface area (Å²) in [5, 5.41) is 13.2. The van der Waals surface area contributed by atoms with Gasteiger partial charge in [-0.2, -0.15) is 10.2 Å². The molecule has 0 saturated carbocycles. The molecule has 1 aliphatic rings. The molecule has 4 heterocycles. The number of hydrogen-bond donors (Lipinski definition) is 1. The largest absolute Gasteiger partial charge is 0.370 e. The van der Waals surface area contributed by atoms with E-state index in [1.54, 1.807) is 10.9 Å². The van der Waals surface area contributed by atoms with Crippen molar-refractivity contribution < 1.29 is 4.74 Å². The van der Waals surface area contributed by atoms with Crippen molar-refractivity contribution in [2.45, 2.75) is 45.4 Å². The Hall–Kier alpha value is -2.48. The highest BCUT2D eigenvalue weighted by Gasteiger charge is 2.33. The number of fused-ring (bicyclic) bond motifs is 1. The summed E-state index contributed by atoms with van der Waals surface area (Å²) in [5.74, 6) is 1.54. The third-order valence-corrected chi connectivity index (χ3v) is 4.60. The fourth-order valence-corrected chi connectivity index (χ4v) is 3.43. The van der Waals surface area contributed by atoms with Crippen molar-refractivity contribution in [3.8, 4) is 0 Å². The Bertz CT molecular complexity index is 898. The maximum Gasteiger partial charge on any atom is 0.163 e. The van der Waals surface area contributed by atoms with Gasteiger partial charge in [-0.3, -0.25) is 9.36 Å². The summed E-state index contributed by atoms with van der Waals surface area (Å²) in [5.41, 5.74) is 1.93. The van der Waals surface area contributed by atoms with Crippen LogP contribution >= 0.6 is 0 Å². The number of nitrogens with one attached hydrogen (secondary N) is 1. The minimum Gasteiger partial charge on any atom is -0.370 e. The summed E-state index contributed by atoms with van der Waals surface area (Å²) in [6.45, 7) is 6.86. The predicted octanol–water partition coefficient (Wildman–Crippen LogP) is 2.39. The molecule has 25 heavy (non-hydrogen) atoms. The summed E-state index contributed by atoms with van der Waals surface area (Å²) in [6, 6.07) is 2.46. The lowest BCUT2D eigenvalue weighted by Gasteiger charge is -2.23. The zero-order chi connectivity index (χ0) is 17.6. The molecule has 2 atom stereocenters. The monoisotopic (exact) mass is 341 g/mol. The molecule has 4 rings (SSSR count). The minimum atomic E-state index is -0.0492. The summed E-state index contributed by atoms with van der Waals surface area (Å²) < 4.78 is 9.83. The summed E-state index contributed by atoms with van der Waals surface area (Å²) in [4.78, 5) is 9.08. The van der Waals surface area contributed by atoms with Crippen molar-refractivity contribution in [1.29, 1.82) is 0 Å². The molecule has 0 spiro atoms. The smallest absolute Gasteiger partial charge is 0.163 e. The topological polar surface area (TPSA) is 82.7 Å². The Morgan fingerprint density at radius 1 is 1.28 bits per heavy atom. The molecule has 0 bridgehead atoms. The molecule has 0 radical (unpaired) electrons. The van der Waals surface area contributed by atoms with Gasteiger partial charge < -0.3 is 10.1 Å². The summed E-state index contributed by atoms with van der Waals surface area (Å²) >= 11 is 0.